The van der Waals surface area contributed by atoms with Crippen molar-refractivity contribution in [3.63, 3.8) is 0 Å². The zero-order valence-corrected chi connectivity index (χ0v) is 54.1. The lowest BCUT2D eigenvalue weighted by atomic mass is 9.89. The Hall–Kier alpha value is -3.00. The van der Waals surface area contributed by atoms with Crippen molar-refractivity contribution in [2.45, 2.75) is 362 Å². The summed E-state index contributed by atoms with van der Waals surface area (Å²) in [6.07, 6.45) is 81.4. The van der Waals surface area contributed by atoms with Gasteiger partial charge in [-0.2, -0.15) is 0 Å². The summed E-state index contributed by atoms with van der Waals surface area (Å²) in [5.41, 5.74) is 20.8. The van der Waals surface area contributed by atoms with Crippen molar-refractivity contribution in [1.82, 2.24) is 0 Å². The maximum atomic E-state index is 12.4. The van der Waals surface area contributed by atoms with E-state index in [2.05, 4.69) is 114 Å². The van der Waals surface area contributed by atoms with Crippen LogP contribution in [0.3, 0.4) is 0 Å². The van der Waals surface area contributed by atoms with Crippen LogP contribution in [0.15, 0.2) is 84.5 Å². The van der Waals surface area contributed by atoms with E-state index >= 15 is 0 Å². The summed E-state index contributed by atoms with van der Waals surface area (Å²) < 4.78 is 1.59. The molecule has 0 aromatic heterocycles. The monoisotopic (exact) mass is 1100 g/mol. The Morgan fingerprint density at radius 1 is 0.338 bits per heavy atom. The number of nitrogens with zero attached hydrogens (tertiary/aromatic N) is 2. The van der Waals surface area contributed by atoms with Gasteiger partial charge in [0, 0.05) is 22.8 Å². The summed E-state index contributed by atoms with van der Waals surface area (Å²) in [6.45, 7) is 11.6. The molecule has 1 heterocycles. The molecule has 80 heavy (non-hydrogen) atoms. The molecule has 0 aliphatic carbocycles. The van der Waals surface area contributed by atoms with Gasteiger partial charge in [0.25, 0.3) is 0 Å². The van der Waals surface area contributed by atoms with Gasteiger partial charge in [0.15, 0.2) is 0 Å². The fraction of sp³-hybridized carbons (Fsp3) is 0.744. The molecule has 454 valence electrons. The van der Waals surface area contributed by atoms with Crippen LogP contribution in [-0.2, 0) is 12.8 Å². The van der Waals surface area contributed by atoms with Gasteiger partial charge < -0.3 is 5.53 Å². The van der Waals surface area contributed by atoms with Crippen LogP contribution in [0.2, 0.25) is 0 Å². The maximum absolute atomic E-state index is 12.4. The molecule has 0 spiro atoms. The minimum atomic E-state index is 0.697. The average molecular weight is 1100 g/mol. The van der Waals surface area contributed by atoms with Crippen molar-refractivity contribution in [1.29, 1.82) is 0 Å². The van der Waals surface area contributed by atoms with E-state index in [9.17, 15) is 5.53 Å². The molecule has 2 heteroatoms. The number of rotatable bonds is 57. The first-order valence-electron chi connectivity index (χ1n) is 36.0. The van der Waals surface area contributed by atoms with Crippen LogP contribution >= 0.6 is 0 Å². The minimum absolute atomic E-state index is 0.697. The van der Waals surface area contributed by atoms with Gasteiger partial charge in [-0.3, -0.25) is 0 Å². The van der Waals surface area contributed by atoms with E-state index < -0.39 is 0 Å². The van der Waals surface area contributed by atoms with Crippen molar-refractivity contribution >= 4 is 11.4 Å². The predicted molar refractivity (Wildman–Crippen MR) is 359 cm³/mol. The molecule has 0 fully saturated rings. The van der Waals surface area contributed by atoms with E-state index in [1.807, 2.05) is 0 Å². The fourth-order valence-corrected chi connectivity index (χ4v) is 12.8. The summed E-state index contributed by atoms with van der Waals surface area (Å²) in [7, 11) is 0. The second-order valence-corrected chi connectivity index (χ2v) is 25.5. The highest BCUT2D eigenvalue weighted by Crippen LogP contribution is 2.40. The van der Waals surface area contributed by atoms with Gasteiger partial charge >= 0.3 is 0 Å². The lowest BCUT2D eigenvalue weighted by molar-refractivity contribution is -0.344. The van der Waals surface area contributed by atoms with Gasteiger partial charge in [-0.15, -0.1) is 0 Å². The van der Waals surface area contributed by atoms with Crippen molar-refractivity contribution in [2.75, 3.05) is 0 Å². The van der Waals surface area contributed by atoms with Crippen molar-refractivity contribution in [2.24, 2.45) is 11.8 Å². The molecule has 0 N–H and O–H groups in total. The topological polar surface area (TPSA) is 25.3 Å². The Bertz CT molecular complexity index is 1870. The molecule has 0 amide bonds. The molecule has 1 aliphatic rings. The molecule has 1 aliphatic heterocycles. The molecular formula is C78H132N2. The quantitative estimate of drug-likeness (QED) is 0.0358. The zero-order chi connectivity index (χ0) is 57.0. The molecule has 0 radical (unpaired) electrons. The highest BCUT2D eigenvalue weighted by Gasteiger charge is 2.31. The highest BCUT2D eigenvalue weighted by molar-refractivity contribution is 5.80. The smallest absolute Gasteiger partial charge is 0.211 e. The maximum Gasteiger partial charge on any atom is 0.211 e. The Labute approximate surface area is 499 Å². The first kappa shape index (κ1) is 71.3. The molecule has 2 aromatic rings. The van der Waals surface area contributed by atoms with Crippen LogP contribution in [0.1, 0.15) is 371 Å². The second-order valence-electron chi connectivity index (χ2n) is 25.5. The molecular weight excluding hydrogens is 965 g/mol. The van der Waals surface area contributed by atoms with Gasteiger partial charge in [-0.25, -0.2) is 4.70 Å². The van der Waals surface area contributed by atoms with Gasteiger partial charge in [-0.1, -0.05) is 346 Å². The van der Waals surface area contributed by atoms with Gasteiger partial charge in [-0.05, 0) is 112 Å². The van der Waals surface area contributed by atoms with E-state index in [0.717, 1.165) is 43.5 Å². The Morgan fingerprint density at radius 3 is 1.04 bits per heavy atom. The normalized spacial score (nSPS) is 13.7. The lowest BCUT2D eigenvalue weighted by Gasteiger charge is -2.18. The SMILES string of the molecule is CCCCCCCCCCCCCCCCCCCC=CCC(CCCC)CCc1ccccc1C1=CC(CCCC)=C(c2ccccc2CCC(CC=CCCCCCCCCCCCCCCCCCCC)CCCC)[N+]1=[N-]. The molecule has 3 rings (SSSR count). The number of aryl methyl sites for hydroxylation is 2. The second kappa shape index (κ2) is 51.6. The summed E-state index contributed by atoms with van der Waals surface area (Å²) in [5.74, 6) is 1.39. The number of hydrogen-bond donors (Lipinski definition) is 0. The summed E-state index contributed by atoms with van der Waals surface area (Å²) in [4.78, 5) is 0. The third-order valence-electron chi connectivity index (χ3n) is 18.2. The summed E-state index contributed by atoms with van der Waals surface area (Å²) in [6, 6.07) is 18.0. The van der Waals surface area contributed by atoms with Gasteiger partial charge in [0.2, 0.25) is 11.4 Å². The Kier molecular flexibility index (Phi) is 46.0. The zero-order valence-electron chi connectivity index (χ0n) is 54.1. The summed E-state index contributed by atoms with van der Waals surface area (Å²) in [5, 5.41) is 0. The molecule has 0 saturated heterocycles. The van der Waals surface area contributed by atoms with Crippen LogP contribution < -0.4 is 0 Å². The summed E-state index contributed by atoms with van der Waals surface area (Å²) >= 11 is 0. The number of benzene rings is 2. The van der Waals surface area contributed by atoms with E-state index in [4.69, 9.17) is 0 Å². The fourth-order valence-electron chi connectivity index (χ4n) is 12.8. The average Bonchev–Trinajstić information content (AvgIpc) is 3.86. The van der Waals surface area contributed by atoms with Gasteiger partial charge in [0.1, 0.15) is 0 Å². The highest BCUT2D eigenvalue weighted by atomic mass is 15.2. The van der Waals surface area contributed by atoms with Crippen LogP contribution in [-0.4, -0.2) is 4.70 Å². The van der Waals surface area contributed by atoms with Crippen LogP contribution in [0.25, 0.3) is 16.9 Å². The third-order valence-corrected chi connectivity index (χ3v) is 18.2. The van der Waals surface area contributed by atoms with E-state index in [1.54, 1.807) is 4.70 Å². The largest absolute Gasteiger partial charge is 0.493 e. The Balaban J connectivity index is 1.44. The van der Waals surface area contributed by atoms with Crippen molar-refractivity contribution in [3.8, 4) is 0 Å². The first-order valence-corrected chi connectivity index (χ1v) is 36.0. The molecule has 0 bridgehead atoms. The van der Waals surface area contributed by atoms with Crippen LogP contribution in [0.4, 0.5) is 0 Å². The molecule has 2 aromatic carbocycles. The first-order chi connectivity index (χ1) is 39.6. The predicted octanol–water partition coefficient (Wildman–Crippen LogP) is 27.1. The molecule has 2 nitrogen and oxygen atoms in total. The standard InChI is InChI=1S/C78H132N2/c1-6-11-16-18-20-22-24-26-28-30-32-34-36-38-40-42-44-46-48-50-58-70(56-13-8-3)65-67-72-61-52-54-63-75(72)77-69-74(60-15-10-5)78(80(77)79)76-64-55-53-62-73(76)68-66-71(57-14-9-4)59-51-49-47-45-43-41-39-37-35-33-31-29-27-25-23-21-19-17-12-7-2/h48-55,61-64,69-71H,6-47,56-60,65-68H2,1-5H3. The van der Waals surface area contributed by atoms with Crippen LogP contribution in [0.5, 0.6) is 0 Å². The molecule has 2 unspecified atom stereocenters. The van der Waals surface area contributed by atoms with E-state index in [1.165, 1.54) is 323 Å². The lowest BCUT2D eigenvalue weighted by Crippen LogP contribution is -2.08. The van der Waals surface area contributed by atoms with Gasteiger partial charge in [0.05, 0.1) is 0 Å². The van der Waals surface area contributed by atoms with Crippen molar-refractivity contribution in [3.05, 3.63) is 112 Å². The number of hydrogen-bond acceptors (Lipinski definition) is 0. The number of unbranched alkanes of at least 4 members (excludes halogenated alkanes) is 37. The minimum Gasteiger partial charge on any atom is -0.493 e. The van der Waals surface area contributed by atoms with Crippen molar-refractivity contribution < 1.29 is 4.70 Å². The van der Waals surface area contributed by atoms with E-state index in [0.29, 0.717) is 11.8 Å². The molecule has 0 saturated carbocycles. The Morgan fingerprint density at radius 2 is 0.662 bits per heavy atom. The van der Waals surface area contributed by atoms with E-state index in [-0.39, 0.29) is 0 Å². The number of allylic oxidation sites excluding steroid dienone is 6. The van der Waals surface area contributed by atoms with Crippen LogP contribution in [0, 0.1) is 11.8 Å². The third kappa shape index (κ3) is 34.6. The molecule has 2 atom stereocenters.